The average molecular weight is 240 g/mol. The van der Waals surface area contributed by atoms with Gasteiger partial charge in [0, 0.05) is 20.6 Å². The number of hydrogen-bond donors (Lipinski definition) is 0. The smallest absolute Gasteiger partial charge is 0.302 e. The van der Waals surface area contributed by atoms with Gasteiger partial charge in [-0.2, -0.15) is 0 Å². The molecule has 4 unspecified atom stereocenters. The second-order valence-corrected chi connectivity index (χ2v) is 5.61. The van der Waals surface area contributed by atoms with Gasteiger partial charge in [0.1, 0.15) is 6.10 Å². The van der Waals surface area contributed by atoms with Crippen molar-refractivity contribution in [1.29, 1.82) is 0 Å². The Labute approximate surface area is 104 Å². The normalized spacial score (nSPS) is 37.3. The topological polar surface area (TPSA) is 35.5 Å². The first kappa shape index (κ1) is 12.9. The lowest BCUT2D eigenvalue weighted by Crippen LogP contribution is -2.38. The highest BCUT2D eigenvalue weighted by Gasteiger charge is 2.38. The van der Waals surface area contributed by atoms with Crippen molar-refractivity contribution in [2.45, 2.75) is 51.6 Å². The van der Waals surface area contributed by atoms with Gasteiger partial charge < -0.3 is 9.47 Å². The maximum atomic E-state index is 11.0. The molecule has 0 saturated heterocycles. The third-order valence-corrected chi connectivity index (χ3v) is 4.46. The van der Waals surface area contributed by atoms with Crippen molar-refractivity contribution in [3.8, 4) is 0 Å². The standard InChI is InChI=1S/C14H24O3/c1-10(15)17-13-6-7-14-11(8-13)4-3-5-12(14)9-16-2/h11-14H,3-9H2,1-2H3. The Bertz CT molecular complexity index is 262. The largest absolute Gasteiger partial charge is 0.463 e. The van der Waals surface area contributed by atoms with E-state index in [0.29, 0.717) is 0 Å². The number of fused-ring (bicyclic) bond motifs is 1. The number of rotatable bonds is 3. The molecule has 0 spiro atoms. The number of hydrogen-bond acceptors (Lipinski definition) is 3. The van der Waals surface area contributed by atoms with E-state index in [1.54, 1.807) is 7.11 Å². The van der Waals surface area contributed by atoms with Crippen molar-refractivity contribution < 1.29 is 14.3 Å². The Kier molecular flexibility index (Phi) is 4.43. The zero-order valence-electron chi connectivity index (χ0n) is 11.0. The fourth-order valence-corrected chi connectivity index (χ4v) is 3.82. The Morgan fingerprint density at radius 2 is 2.06 bits per heavy atom. The predicted molar refractivity (Wildman–Crippen MR) is 65.6 cm³/mol. The van der Waals surface area contributed by atoms with Gasteiger partial charge in [-0.3, -0.25) is 4.79 Å². The fourth-order valence-electron chi connectivity index (χ4n) is 3.82. The summed E-state index contributed by atoms with van der Waals surface area (Å²) in [5.74, 6) is 2.16. The van der Waals surface area contributed by atoms with Crippen LogP contribution in [0.4, 0.5) is 0 Å². The molecular formula is C14H24O3. The van der Waals surface area contributed by atoms with Crippen molar-refractivity contribution >= 4 is 5.97 Å². The molecule has 2 saturated carbocycles. The SMILES string of the molecule is COCC1CCCC2CC(OC(C)=O)CCC12. The van der Waals surface area contributed by atoms with E-state index >= 15 is 0 Å². The summed E-state index contributed by atoms with van der Waals surface area (Å²) in [6.07, 6.45) is 7.43. The molecule has 0 bridgehead atoms. The third-order valence-electron chi connectivity index (χ3n) is 4.46. The van der Waals surface area contributed by atoms with Gasteiger partial charge in [0.05, 0.1) is 0 Å². The van der Waals surface area contributed by atoms with Crippen LogP contribution >= 0.6 is 0 Å². The maximum absolute atomic E-state index is 11.0. The lowest BCUT2D eigenvalue weighted by Gasteiger charge is -2.43. The van der Waals surface area contributed by atoms with Crippen molar-refractivity contribution in [3.05, 3.63) is 0 Å². The van der Waals surface area contributed by atoms with Crippen LogP contribution < -0.4 is 0 Å². The van der Waals surface area contributed by atoms with Crippen LogP contribution in [0.15, 0.2) is 0 Å². The summed E-state index contributed by atoms with van der Waals surface area (Å²) < 4.78 is 10.7. The van der Waals surface area contributed by atoms with Gasteiger partial charge in [0.25, 0.3) is 0 Å². The van der Waals surface area contributed by atoms with Crippen LogP contribution in [0.1, 0.15) is 45.4 Å². The zero-order chi connectivity index (χ0) is 12.3. The van der Waals surface area contributed by atoms with E-state index in [4.69, 9.17) is 9.47 Å². The molecule has 0 N–H and O–H groups in total. The minimum Gasteiger partial charge on any atom is -0.463 e. The molecule has 3 nitrogen and oxygen atoms in total. The second kappa shape index (κ2) is 5.85. The lowest BCUT2D eigenvalue weighted by molar-refractivity contribution is -0.150. The van der Waals surface area contributed by atoms with E-state index < -0.39 is 0 Å². The Balaban J connectivity index is 1.90. The van der Waals surface area contributed by atoms with Gasteiger partial charge in [0.2, 0.25) is 0 Å². The fraction of sp³-hybridized carbons (Fsp3) is 0.929. The molecule has 17 heavy (non-hydrogen) atoms. The van der Waals surface area contributed by atoms with Crippen LogP contribution in [0.5, 0.6) is 0 Å². The third kappa shape index (κ3) is 3.21. The summed E-state index contributed by atoms with van der Waals surface area (Å²) in [5, 5.41) is 0. The van der Waals surface area contributed by atoms with Crippen LogP contribution in [0.3, 0.4) is 0 Å². The van der Waals surface area contributed by atoms with E-state index in [1.807, 2.05) is 0 Å². The van der Waals surface area contributed by atoms with E-state index in [-0.39, 0.29) is 12.1 Å². The second-order valence-electron chi connectivity index (χ2n) is 5.61. The van der Waals surface area contributed by atoms with E-state index in [1.165, 1.54) is 32.6 Å². The molecule has 2 fully saturated rings. The predicted octanol–water partition coefficient (Wildman–Crippen LogP) is 2.78. The zero-order valence-corrected chi connectivity index (χ0v) is 11.0. The van der Waals surface area contributed by atoms with Gasteiger partial charge >= 0.3 is 5.97 Å². The molecule has 0 radical (unpaired) electrons. The highest BCUT2D eigenvalue weighted by atomic mass is 16.5. The summed E-state index contributed by atoms with van der Waals surface area (Å²) in [7, 11) is 1.80. The van der Waals surface area contributed by atoms with E-state index in [2.05, 4.69) is 0 Å². The lowest BCUT2D eigenvalue weighted by atomic mass is 9.65. The minimum atomic E-state index is -0.127. The minimum absolute atomic E-state index is 0.127. The first-order chi connectivity index (χ1) is 8.20. The number of carbonyl (C=O) groups is 1. The summed E-state index contributed by atoms with van der Waals surface area (Å²) in [6, 6.07) is 0. The molecule has 4 atom stereocenters. The van der Waals surface area contributed by atoms with Gasteiger partial charge in [-0.05, 0) is 43.4 Å². The Morgan fingerprint density at radius 3 is 2.76 bits per heavy atom. The Hall–Kier alpha value is -0.570. The molecule has 0 aromatic rings. The van der Waals surface area contributed by atoms with Crippen LogP contribution in [-0.4, -0.2) is 25.8 Å². The monoisotopic (exact) mass is 240 g/mol. The van der Waals surface area contributed by atoms with Gasteiger partial charge in [-0.1, -0.05) is 12.8 Å². The van der Waals surface area contributed by atoms with Crippen LogP contribution in [0, 0.1) is 17.8 Å². The van der Waals surface area contributed by atoms with Crippen LogP contribution in [0.2, 0.25) is 0 Å². The van der Waals surface area contributed by atoms with Gasteiger partial charge in [0.15, 0.2) is 0 Å². The molecule has 2 aliphatic rings. The van der Waals surface area contributed by atoms with E-state index in [0.717, 1.165) is 37.2 Å². The van der Waals surface area contributed by atoms with Crippen molar-refractivity contribution in [3.63, 3.8) is 0 Å². The highest BCUT2D eigenvalue weighted by Crippen LogP contribution is 2.44. The van der Waals surface area contributed by atoms with Crippen LogP contribution in [0.25, 0.3) is 0 Å². The molecule has 98 valence electrons. The van der Waals surface area contributed by atoms with Gasteiger partial charge in [-0.15, -0.1) is 0 Å². The first-order valence-electron chi connectivity index (χ1n) is 6.87. The molecule has 3 heteroatoms. The molecule has 0 aliphatic heterocycles. The summed E-state index contributed by atoms with van der Waals surface area (Å²) in [5.41, 5.74) is 0. The molecule has 2 rings (SSSR count). The molecule has 0 aromatic carbocycles. The number of carbonyl (C=O) groups excluding carboxylic acids is 1. The van der Waals surface area contributed by atoms with Crippen LogP contribution in [-0.2, 0) is 14.3 Å². The van der Waals surface area contributed by atoms with Gasteiger partial charge in [-0.25, -0.2) is 0 Å². The van der Waals surface area contributed by atoms with E-state index in [9.17, 15) is 4.79 Å². The van der Waals surface area contributed by atoms with Crippen molar-refractivity contribution in [2.75, 3.05) is 13.7 Å². The Morgan fingerprint density at radius 1 is 1.24 bits per heavy atom. The molecule has 2 aliphatic carbocycles. The summed E-state index contributed by atoms with van der Waals surface area (Å²) >= 11 is 0. The molecule has 0 amide bonds. The highest BCUT2D eigenvalue weighted by molar-refractivity contribution is 5.66. The number of methoxy groups -OCH3 is 1. The quantitative estimate of drug-likeness (QED) is 0.712. The summed E-state index contributed by atoms with van der Waals surface area (Å²) in [4.78, 5) is 11.0. The molecular weight excluding hydrogens is 216 g/mol. The average Bonchev–Trinajstić information content (AvgIpc) is 2.28. The summed E-state index contributed by atoms with van der Waals surface area (Å²) in [6.45, 7) is 2.42. The van der Waals surface area contributed by atoms with Crippen molar-refractivity contribution in [2.24, 2.45) is 17.8 Å². The van der Waals surface area contributed by atoms with Crippen molar-refractivity contribution in [1.82, 2.24) is 0 Å². The maximum Gasteiger partial charge on any atom is 0.302 e. The number of esters is 1. The first-order valence-corrected chi connectivity index (χ1v) is 6.87. The molecule has 0 heterocycles. The number of ether oxygens (including phenoxy) is 2. The molecule has 0 aromatic heterocycles.